The molecule has 1 amide bonds. The van der Waals surface area contributed by atoms with Gasteiger partial charge < -0.3 is 5.32 Å². The number of aryl methyl sites for hydroxylation is 1. The van der Waals surface area contributed by atoms with Crippen molar-refractivity contribution in [3.05, 3.63) is 47.0 Å². The number of nitrogens with one attached hydrogen (secondary N) is 1. The Hall–Kier alpha value is -1.61. The van der Waals surface area contributed by atoms with E-state index in [1.807, 2.05) is 0 Å². The lowest BCUT2D eigenvalue weighted by atomic mass is 9.70. The predicted octanol–water partition coefficient (Wildman–Crippen LogP) is 3.83. The molecule has 1 aromatic rings. The number of carbonyl (C=O) groups excluding carboxylic acids is 1. The van der Waals surface area contributed by atoms with Crippen molar-refractivity contribution in [2.45, 2.75) is 64.3 Å². The van der Waals surface area contributed by atoms with E-state index in [0.29, 0.717) is 6.04 Å². The van der Waals surface area contributed by atoms with Crippen molar-refractivity contribution in [1.29, 1.82) is 0 Å². The van der Waals surface area contributed by atoms with Gasteiger partial charge in [-0.15, -0.1) is 0 Å². The van der Waals surface area contributed by atoms with Crippen molar-refractivity contribution in [3.63, 3.8) is 0 Å². The quantitative estimate of drug-likeness (QED) is 0.845. The van der Waals surface area contributed by atoms with Gasteiger partial charge in [-0.1, -0.05) is 35.9 Å². The maximum Gasteiger partial charge on any atom is 0.230 e. The highest BCUT2D eigenvalue weighted by Gasteiger charge is 2.39. The molecule has 25 heavy (non-hydrogen) atoms. The number of benzene rings is 1. The number of piperidine rings is 1. The summed E-state index contributed by atoms with van der Waals surface area (Å²) in [6.07, 6.45) is 7.55. The SMILES string of the molecule is CC(C)=CCN1CCC(NC(=O)[C@]2(C)CCCc3ccccc32)CC1. The molecule has 0 radical (unpaired) electrons. The van der Waals surface area contributed by atoms with Gasteiger partial charge in [0.25, 0.3) is 0 Å². The lowest BCUT2D eigenvalue weighted by Gasteiger charge is -2.38. The highest BCUT2D eigenvalue weighted by atomic mass is 16.2. The first-order chi connectivity index (χ1) is 12.0. The number of carbonyl (C=O) groups is 1. The zero-order valence-corrected chi connectivity index (χ0v) is 16.0. The van der Waals surface area contributed by atoms with Crippen LogP contribution in [0.15, 0.2) is 35.9 Å². The summed E-state index contributed by atoms with van der Waals surface area (Å²) in [6.45, 7) is 9.60. The van der Waals surface area contributed by atoms with Gasteiger partial charge >= 0.3 is 0 Å². The predicted molar refractivity (Wildman–Crippen MR) is 104 cm³/mol. The molecule has 1 atom stereocenters. The van der Waals surface area contributed by atoms with E-state index in [9.17, 15) is 4.79 Å². The van der Waals surface area contributed by atoms with Gasteiger partial charge in [-0.2, -0.15) is 0 Å². The van der Waals surface area contributed by atoms with Crippen molar-refractivity contribution in [2.75, 3.05) is 19.6 Å². The molecule has 1 heterocycles. The normalized spacial score (nSPS) is 24.4. The Kier molecular flexibility index (Phi) is 5.63. The Bertz CT molecular complexity index is 639. The Morgan fingerprint density at radius 3 is 2.72 bits per heavy atom. The lowest BCUT2D eigenvalue weighted by Crippen LogP contribution is -2.51. The minimum atomic E-state index is -0.367. The average molecular weight is 341 g/mol. The Morgan fingerprint density at radius 2 is 2.00 bits per heavy atom. The molecule has 0 aromatic heterocycles. The van der Waals surface area contributed by atoms with Crippen LogP contribution in [0.4, 0.5) is 0 Å². The molecule has 1 aliphatic heterocycles. The Morgan fingerprint density at radius 1 is 1.28 bits per heavy atom. The summed E-state index contributed by atoms with van der Waals surface area (Å²) in [7, 11) is 0. The fourth-order valence-corrected chi connectivity index (χ4v) is 4.20. The molecule has 0 spiro atoms. The van der Waals surface area contributed by atoms with Gasteiger partial charge in [0.1, 0.15) is 0 Å². The summed E-state index contributed by atoms with van der Waals surface area (Å²) >= 11 is 0. The third kappa shape index (κ3) is 4.14. The van der Waals surface area contributed by atoms with Crippen molar-refractivity contribution in [2.24, 2.45) is 0 Å². The molecular formula is C22H32N2O. The van der Waals surface area contributed by atoms with Crippen LogP contribution in [0.25, 0.3) is 0 Å². The summed E-state index contributed by atoms with van der Waals surface area (Å²) in [4.78, 5) is 15.6. The second-order valence-electron chi connectivity index (χ2n) is 8.17. The molecule has 136 valence electrons. The summed E-state index contributed by atoms with van der Waals surface area (Å²) in [5.41, 5.74) is 3.59. The molecule has 0 unspecified atom stereocenters. The highest BCUT2D eigenvalue weighted by Crippen LogP contribution is 2.37. The van der Waals surface area contributed by atoms with Crippen LogP contribution in [0.2, 0.25) is 0 Å². The standard InChI is InChI=1S/C22H32N2O/c1-17(2)10-14-24-15-11-19(12-16-24)23-21(25)22(3)13-6-8-18-7-4-5-9-20(18)22/h4-5,7,9-10,19H,6,8,11-16H2,1-3H3,(H,23,25)/t22-/m1/s1. The molecule has 1 saturated heterocycles. The summed E-state index contributed by atoms with van der Waals surface area (Å²) in [6, 6.07) is 8.81. The first-order valence-corrected chi connectivity index (χ1v) is 9.74. The van der Waals surface area contributed by atoms with Crippen LogP contribution in [0.1, 0.15) is 57.6 Å². The van der Waals surface area contributed by atoms with Gasteiger partial charge in [-0.05, 0) is 64.0 Å². The average Bonchev–Trinajstić information content (AvgIpc) is 2.61. The van der Waals surface area contributed by atoms with Crippen LogP contribution in [0, 0.1) is 0 Å². The minimum absolute atomic E-state index is 0.224. The molecule has 3 rings (SSSR count). The number of allylic oxidation sites excluding steroid dienone is 1. The molecule has 1 aromatic carbocycles. The maximum atomic E-state index is 13.1. The number of hydrogen-bond acceptors (Lipinski definition) is 2. The smallest absolute Gasteiger partial charge is 0.230 e. The van der Waals surface area contributed by atoms with Gasteiger partial charge in [-0.3, -0.25) is 9.69 Å². The molecular weight excluding hydrogens is 308 g/mol. The fraction of sp³-hybridized carbons (Fsp3) is 0.591. The number of hydrogen-bond donors (Lipinski definition) is 1. The van der Waals surface area contributed by atoms with Gasteiger partial charge in [0.2, 0.25) is 5.91 Å². The van der Waals surface area contributed by atoms with Crippen LogP contribution in [-0.2, 0) is 16.6 Å². The third-order valence-corrected chi connectivity index (χ3v) is 5.92. The van der Waals surface area contributed by atoms with E-state index in [-0.39, 0.29) is 11.3 Å². The van der Waals surface area contributed by atoms with Gasteiger partial charge in [0.05, 0.1) is 5.41 Å². The van der Waals surface area contributed by atoms with Crippen LogP contribution in [0.5, 0.6) is 0 Å². The minimum Gasteiger partial charge on any atom is -0.353 e. The number of rotatable bonds is 4. The fourth-order valence-electron chi connectivity index (χ4n) is 4.20. The van der Waals surface area contributed by atoms with Gasteiger partial charge in [0.15, 0.2) is 0 Å². The Balaban J connectivity index is 1.59. The third-order valence-electron chi connectivity index (χ3n) is 5.92. The summed E-state index contributed by atoms with van der Waals surface area (Å²) in [5, 5.41) is 3.37. The summed E-state index contributed by atoms with van der Waals surface area (Å²) < 4.78 is 0. The van der Waals surface area contributed by atoms with Gasteiger partial charge in [-0.25, -0.2) is 0 Å². The number of amides is 1. The second kappa shape index (κ2) is 7.74. The van der Waals surface area contributed by atoms with Crippen LogP contribution in [-0.4, -0.2) is 36.5 Å². The number of fused-ring (bicyclic) bond motifs is 1. The van der Waals surface area contributed by atoms with E-state index >= 15 is 0 Å². The van der Waals surface area contributed by atoms with E-state index in [0.717, 1.165) is 51.7 Å². The van der Waals surface area contributed by atoms with Crippen LogP contribution >= 0.6 is 0 Å². The number of likely N-dealkylation sites (tertiary alicyclic amines) is 1. The second-order valence-corrected chi connectivity index (χ2v) is 8.17. The van der Waals surface area contributed by atoms with E-state index in [4.69, 9.17) is 0 Å². The monoisotopic (exact) mass is 340 g/mol. The topological polar surface area (TPSA) is 32.3 Å². The highest BCUT2D eigenvalue weighted by molar-refractivity contribution is 5.88. The molecule has 1 N–H and O–H groups in total. The van der Waals surface area contributed by atoms with E-state index in [2.05, 4.69) is 61.3 Å². The van der Waals surface area contributed by atoms with Crippen LogP contribution in [0.3, 0.4) is 0 Å². The Labute approximate surface area is 152 Å². The molecule has 1 aliphatic carbocycles. The van der Waals surface area contributed by atoms with E-state index in [1.165, 1.54) is 16.7 Å². The van der Waals surface area contributed by atoms with Crippen molar-refractivity contribution < 1.29 is 4.79 Å². The first-order valence-electron chi connectivity index (χ1n) is 9.74. The molecule has 2 aliphatic rings. The van der Waals surface area contributed by atoms with E-state index in [1.54, 1.807) is 0 Å². The van der Waals surface area contributed by atoms with E-state index < -0.39 is 0 Å². The largest absolute Gasteiger partial charge is 0.353 e. The molecule has 1 fully saturated rings. The lowest BCUT2D eigenvalue weighted by molar-refractivity contribution is -0.127. The molecule has 0 bridgehead atoms. The maximum absolute atomic E-state index is 13.1. The van der Waals surface area contributed by atoms with Gasteiger partial charge in [0, 0.05) is 25.7 Å². The molecule has 3 nitrogen and oxygen atoms in total. The molecule has 3 heteroatoms. The van der Waals surface area contributed by atoms with Crippen molar-refractivity contribution >= 4 is 5.91 Å². The van der Waals surface area contributed by atoms with Crippen LogP contribution < -0.4 is 5.32 Å². The zero-order chi connectivity index (χ0) is 17.9. The molecule has 0 saturated carbocycles. The van der Waals surface area contributed by atoms with Crippen molar-refractivity contribution in [1.82, 2.24) is 10.2 Å². The zero-order valence-electron chi connectivity index (χ0n) is 16.0. The first kappa shape index (κ1) is 18.2. The summed E-state index contributed by atoms with van der Waals surface area (Å²) in [5.74, 6) is 0.224. The number of nitrogens with zero attached hydrogens (tertiary/aromatic N) is 1. The van der Waals surface area contributed by atoms with Crippen molar-refractivity contribution in [3.8, 4) is 0 Å².